The molecular formula is C13H11FO. The first-order valence-corrected chi connectivity index (χ1v) is 4.92. The summed E-state index contributed by atoms with van der Waals surface area (Å²) in [4.78, 5) is 10.2. The van der Waals surface area contributed by atoms with Gasteiger partial charge in [-0.3, -0.25) is 0 Å². The minimum Gasteiger partial charge on any atom is -0.303 e. The molecule has 0 aromatic heterocycles. The molecule has 0 radical (unpaired) electrons. The first-order chi connectivity index (χ1) is 7.33. The fourth-order valence-electron chi connectivity index (χ4n) is 1.69. The predicted molar refractivity (Wildman–Crippen MR) is 58.3 cm³/mol. The van der Waals surface area contributed by atoms with E-state index in [-0.39, 0.29) is 5.82 Å². The monoisotopic (exact) mass is 202 g/mol. The van der Waals surface area contributed by atoms with Crippen LogP contribution in [0.4, 0.5) is 4.39 Å². The van der Waals surface area contributed by atoms with E-state index in [0.29, 0.717) is 23.8 Å². The molecular weight excluding hydrogens is 191 g/mol. The first-order valence-electron chi connectivity index (χ1n) is 4.92. The SMILES string of the molecule is O=CCCc1ccc2ccccc2c1F. The Hall–Kier alpha value is -1.70. The van der Waals surface area contributed by atoms with Gasteiger partial charge < -0.3 is 4.79 Å². The Bertz CT molecular complexity index is 491. The lowest BCUT2D eigenvalue weighted by atomic mass is 10.0. The van der Waals surface area contributed by atoms with Crippen LogP contribution in [0.5, 0.6) is 0 Å². The molecule has 1 nitrogen and oxygen atoms in total. The maximum atomic E-state index is 13.9. The number of hydrogen-bond acceptors (Lipinski definition) is 1. The van der Waals surface area contributed by atoms with Gasteiger partial charge in [0.15, 0.2) is 0 Å². The van der Waals surface area contributed by atoms with Crippen molar-refractivity contribution in [1.82, 2.24) is 0 Å². The third-order valence-electron chi connectivity index (χ3n) is 2.47. The zero-order chi connectivity index (χ0) is 10.7. The van der Waals surface area contributed by atoms with Crippen molar-refractivity contribution in [1.29, 1.82) is 0 Å². The van der Waals surface area contributed by atoms with Crippen LogP contribution in [-0.2, 0) is 11.2 Å². The van der Waals surface area contributed by atoms with E-state index in [0.717, 1.165) is 11.7 Å². The van der Waals surface area contributed by atoms with Crippen LogP contribution < -0.4 is 0 Å². The second-order valence-corrected chi connectivity index (χ2v) is 3.47. The number of benzene rings is 2. The maximum absolute atomic E-state index is 13.9. The van der Waals surface area contributed by atoms with Crippen molar-refractivity contribution in [3.05, 3.63) is 47.8 Å². The van der Waals surface area contributed by atoms with Gasteiger partial charge in [-0.1, -0.05) is 36.4 Å². The van der Waals surface area contributed by atoms with E-state index >= 15 is 0 Å². The summed E-state index contributed by atoms with van der Waals surface area (Å²) in [6, 6.07) is 11.0. The minimum atomic E-state index is -0.199. The summed E-state index contributed by atoms with van der Waals surface area (Å²) >= 11 is 0. The third kappa shape index (κ3) is 1.89. The van der Waals surface area contributed by atoms with E-state index in [1.54, 1.807) is 12.1 Å². The number of carbonyl (C=O) groups is 1. The number of fused-ring (bicyclic) bond motifs is 1. The molecule has 0 atom stereocenters. The van der Waals surface area contributed by atoms with Crippen LogP contribution in [-0.4, -0.2) is 6.29 Å². The number of rotatable bonds is 3. The van der Waals surface area contributed by atoms with Crippen LogP contribution in [0, 0.1) is 5.82 Å². The van der Waals surface area contributed by atoms with Crippen LogP contribution >= 0.6 is 0 Å². The second-order valence-electron chi connectivity index (χ2n) is 3.47. The van der Waals surface area contributed by atoms with E-state index in [1.165, 1.54) is 0 Å². The van der Waals surface area contributed by atoms with Crippen molar-refractivity contribution in [2.75, 3.05) is 0 Å². The fourth-order valence-corrected chi connectivity index (χ4v) is 1.69. The zero-order valence-electron chi connectivity index (χ0n) is 8.24. The summed E-state index contributed by atoms with van der Waals surface area (Å²) in [7, 11) is 0. The van der Waals surface area contributed by atoms with Crippen molar-refractivity contribution in [2.24, 2.45) is 0 Å². The lowest BCUT2D eigenvalue weighted by molar-refractivity contribution is -0.107. The van der Waals surface area contributed by atoms with E-state index in [4.69, 9.17) is 0 Å². The Morgan fingerprint density at radius 2 is 1.93 bits per heavy atom. The molecule has 0 heterocycles. The number of aldehydes is 1. The van der Waals surface area contributed by atoms with E-state index in [9.17, 15) is 9.18 Å². The molecule has 0 unspecified atom stereocenters. The summed E-state index contributed by atoms with van der Waals surface area (Å²) in [5.74, 6) is -0.199. The summed E-state index contributed by atoms with van der Waals surface area (Å²) in [6.45, 7) is 0. The molecule has 0 bridgehead atoms. The van der Waals surface area contributed by atoms with Crippen molar-refractivity contribution >= 4 is 17.1 Å². The van der Waals surface area contributed by atoms with Gasteiger partial charge in [0, 0.05) is 11.8 Å². The molecule has 0 spiro atoms. The highest BCUT2D eigenvalue weighted by molar-refractivity contribution is 5.83. The standard InChI is InChI=1S/C13H11FO/c14-13-11(5-3-9-15)8-7-10-4-1-2-6-12(10)13/h1-2,4,6-9H,3,5H2. The van der Waals surface area contributed by atoms with Crippen molar-refractivity contribution in [3.63, 3.8) is 0 Å². The molecule has 0 amide bonds. The molecule has 2 heteroatoms. The highest BCUT2D eigenvalue weighted by Gasteiger charge is 2.05. The van der Waals surface area contributed by atoms with Crippen LogP contribution in [0.15, 0.2) is 36.4 Å². The molecule has 0 saturated heterocycles. The molecule has 0 aliphatic rings. The van der Waals surface area contributed by atoms with Crippen LogP contribution in [0.1, 0.15) is 12.0 Å². The topological polar surface area (TPSA) is 17.1 Å². The molecule has 0 aliphatic carbocycles. The normalized spacial score (nSPS) is 10.5. The average molecular weight is 202 g/mol. The van der Waals surface area contributed by atoms with Gasteiger partial charge >= 0.3 is 0 Å². The molecule has 0 saturated carbocycles. The Balaban J connectivity index is 2.50. The number of halogens is 1. The number of carbonyl (C=O) groups excluding carboxylic acids is 1. The van der Waals surface area contributed by atoms with Crippen molar-refractivity contribution in [2.45, 2.75) is 12.8 Å². The van der Waals surface area contributed by atoms with E-state index in [2.05, 4.69) is 0 Å². The largest absolute Gasteiger partial charge is 0.303 e. The highest BCUT2D eigenvalue weighted by atomic mass is 19.1. The highest BCUT2D eigenvalue weighted by Crippen LogP contribution is 2.21. The lowest BCUT2D eigenvalue weighted by Gasteiger charge is -2.04. The lowest BCUT2D eigenvalue weighted by Crippen LogP contribution is -1.92. The maximum Gasteiger partial charge on any atom is 0.134 e. The van der Waals surface area contributed by atoms with Gasteiger partial charge in [0.2, 0.25) is 0 Å². The van der Waals surface area contributed by atoms with Gasteiger partial charge in [0.05, 0.1) is 0 Å². The van der Waals surface area contributed by atoms with Crippen molar-refractivity contribution < 1.29 is 9.18 Å². The van der Waals surface area contributed by atoms with Crippen molar-refractivity contribution in [3.8, 4) is 0 Å². The van der Waals surface area contributed by atoms with Crippen LogP contribution in [0.25, 0.3) is 10.8 Å². The summed E-state index contributed by atoms with van der Waals surface area (Å²) in [5.41, 5.74) is 0.612. The molecule has 76 valence electrons. The Kier molecular flexibility index (Phi) is 2.77. The Labute approximate surface area is 87.5 Å². The summed E-state index contributed by atoms with van der Waals surface area (Å²) < 4.78 is 13.9. The zero-order valence-corrected chi connectivity index (χ0v) is 8.24. The Morgan fingerprint density at radius 3 is 2.73 bits per heavy atom. The van der Waals surface area contributed by atoms with Gasteiger partial charge in [-0.15, -0.1) is 0 Å². The number of aryl methyl sites for hydroxylation is 1. The average Bonchev–Trinajstić information content (AvgIpc) is 2.29. The molecule has 2 aromatic carbocycles. The fraction of sp³-hybridized carbons (Fsp3) is 0.154. The molecule has 0 fully saturated rings. The molecule has 2 aromatic rings. The minimum absolute atomic E-state index is 0.199. The van der Waals surface area contributed by atoms with Gasteiger partial charge in [-0.25, -0.2) is 4.39 Å². The Morgan fingerprint density at radius 1 is 1.13 bits per heavy atom. The number of hydrogen-bond donors (Lipinski definition) is 0. The van der Waals surface area contributed by atoms with Gasteiger partial charge in [-0.05, 0) is 17.4 Å². The molecule has 0 N–H and O–H groups in total. The molecule has 2 rings (SSSR count). The van der Waals surface area contributed by atoms with E-state index < -0.39 is 0 Å². The third-order valence-corrected chi connectivity index (χ3v) is 2.47. The van der Waals surface area contributed by atoms with Gasteiger partial charge in [0.25, 0.3) is 0 Å². The first kappa shape index (κ1) is 9.84. The van der Waals surface area contributed by atoms with Gasteiger partial charge in [-0.2, -0.15) is 0 Å². The quantitative estimate of drug-likeness (QED) is 0.699. The molecule has 0 aliphatic heterocycles. The van der Waals surface area contributed by atoms with Crippen LogP contribution in [0.3, 0.4) is 0 Å². The summed E-state index contributed by atoms with van der Waals surface area (Å²) in [6.07, 6.45) is 1.66. The smallest absolute Gasteiger partial charge is 0.134 e. The molecule has 15 heavy (non-hydrogen) atoms. The van der Waals surface area contributed by atoms with Crippen LogP contribution in [0.2, 0.25) is 0 Å². The second kappa shape index (κ2) is 4.22. The summed E-state index contributed by atoms with van der Waals surface area (Å²) in [5, 5.41) is 1.52. The van der Waals surface area contributed by atoms with Gasteiger partial charge in [0.1, 0.15) is 12.1 Å². The predicted octanol–water partition coefficient (Wildman–Crippen LogP) is 3.11. The van der Waals surface area contributed by atoms with E-state index in [1.807, 2.05) is 24.3 Å².